The zero-order valence-corrected chi connectivity index (χ0v) is 10.8. The van der Waals surface area contributed by atoms with E-state index in [1.807, 2.05) is 0 Å². The van der Waals surface area contributed by atoms with Crippen LogP contribution in [0.15, 0.2) is 6.20 Å². The number of hydrogen-bond acceptors (Lipinski definition) is 6. The SMILES string of the molecule is CC1(C)OCc2c(NC(=O)O)cnc(C(=O)NO)c2O1. The lowest BCUT2D eigenvalue weighted by molar-refractivity contribution is -0.180. The molecule has 0 unspecified atom stereocenters. The normalized spacial score (nSPS) is 15.8. The molecule has 0 spiro atoms. The van der Waals surface area contributed by atoms with Crippen molar-refractivity contribution in [1.29, 1.82) is 0 Å². The Bertz CT molecular complexity index is 572. The third-order valence-electron chi connectivity index (χ3n) is 2.61. The molecule has 0 aliphatic carbocycles. The minimum atomic E-state index is -1.28. The number of hydroxylamine groups is 1. The summed E-state index contributed by atoms with van der Waals surface area (Å²) < 4.78 is 10.9. The summed E-state index contributed by atoms with van der Waals surface area (Å²) in [6.45, 7) is 3.30. The number of carbonyl (C=O) groups excluding carboxylic acids is 1. The van der Waals surface area contributed by atoms with Crippen LogP contribution >= 0.6 is 0 Å². The van der Waals surface area contributed by atoms with Crippen LogP contribution < -0.4 is 15.5 Å². The molecule has 4 N–H and O–H groups in total. The summed E-state index contributed by atoms with van der Waals surface area (Å²) in [5.74, 6) is -1.79. The quantitative estimate of drug-likeness (QED) is 0.469. The van der Waals surface area contributed by atoms with Gasteiger partial charge in [-0.15, -0.1) is 0 Å². The Kier molecular flexibility index (Phi) is 3.47. The summed E-state index contributed by atoms with van der Waals surface area (Å²) in [4.78, 5) is 26.1. The maximum Gasteiger partial charge on any atom is 0.409 e. The van der Waals surface area contributed by atoms with E-state index in [0.717, 1.165) is 6.20 Å². The van der Waals surface area contributed by atoms with E-state index in [0.29, 0.717) is 5.56 Å². The highest BCUT2D eigenvalue weighted by atomic mass is 16.7. The molecule has 9 nitrogen and oxygen atoms in total. The van der Waals surface area contributed by atoms with Crippen LogP contribution in [0.1, 0.15) is 29.9 Å². The van der Waals surface area contributed by atoms with Crippen molar-refractivity contribution in [2.24, 2.45) is 0 Å². The zero-order chi connectivity index (χ0) is 14.9. The largest absolute Gasteiger partial charge is 0.465 e. The predicted molar refractivity (Wildman–Crippen MR) is 64.6 cm³/mol. The van der Waals surface area contributed by atoms with Gasteiger partial charge in [-0.2, -0.15) is 0 Å². The van der Waals surface area contributed by atoms with Gasteiger partial charge in [0.1, 0.15) is 0 Å². The molecule has 0 fully saturated rings. The first-order valence-electron chi connectivity index (χ1n) is 5.63. The fourth-order valence-corrected chi connectivity index (χ4v) is 1.74. The van der Waals surface area contributed by atoms with Gasteiger partial charge in [0.2, 0.25) is 5.79 Å². The molecule has 1 aliphatic rings. The molecule has 2 heterocycles. The lowest BCUT2D eigenvalue weighted by Gasteiger charge is -2.33. The molecular weight excluding hydrogens is 270 g/mol. The summed E-state index contributed by atoms with van der Waals surface area (Å²) in [5, 5.41) is 19.6. The highest BCUT2D eigenvalue weighted by molar-refractivity contribution is 5.96. The van der Waals surface area contributed by atoms with Crippen molar-refractivity contribution >= 4 is 17.7 Å². The van der Waals surface area contributed by atoms with Gasteiger partial charge in [0.05, 0.1) is 18.5 Å². The monoisotopic (exact) mass is 283 g/mol. The number of pyridine rings is 1. The first kappa shape index (κ1) is 14.0. The van der Waals surface area contributed by atoms with Crippen LogP contribution in [0.25, 0.3) is 0 Å². The standard InChI is InChI=1S/C11H13N3O6/c1-11(2)19-4-5-6(13-10(16)17)3-12-7(8(5)20-11)9(15)14-18/h3,13,18H,4H2,1-2H3,(H,14,15)(H,16,17). The number of amides is 2. The smallest absolute Gasteiger partial charge is 0.409 e. The van der Waals surface area contributed by atoms with Crippen molar-refractivity contribution in [2.75, 3.05) is 5.32 Å². The third-order valence-corrected chi connectivity index (χ3v) is 2.61. The lowest BCUT2D eigenvalue weighted by atomic mass is 10.1. The number of hydrogen-bond donors (Lipinski definition) is 4. The number of fused-ring (bicyclic) bond motifs is 1. The highest BCUT2D eigenvalue weighted by Crippen LogP contribution is 2.37. The number of carbonyl (C=O) groups is 2. The first-order chi connectivity index (χ1) is 9.34. The Hall–Kier alpha value is -2.39. The van der Waals surface area contributed by atoms with Crippen LogP contribution in [0.2, 0.25) is 0 Å². The first-order valence-corrected chi connectivity index (χ1v) is 5.63. The summed E-state index contributed by atoms with van der Waals surface area (Å²) in [7, 11) is 0. The van der Waals surface area contributed by atoms with Crippen molar-refractivity contribution < 1.29 is 29.4 Å². The van der Waals surface area contributed by atoms with Crippen LogP contribution in [-0.4, -0.2) is 33.1 Å². The topological polar surface area (TPSA) is 130 Å². The van der Waals surface area contributed by atoms with Crippen LogP contribution in [0.5, 0.6) is 5.75 Å². The van der Waals surface area contributed by atoms with Crippen molar-refractivity contribution in [3.63, 3.8) is 0 Å². The summed E-state index contributed by atoms with van der Waals surface area (Å²) in [6, 6.07) is 0. The Morgan fingerprint density at radius 1 is 1.45 bits per heavy atom. The van der Waals surface area contributed by atoms with Gasteiger partial charge in [-0.3, -0.25) is 15.3 Å². The van der Waals surface area contributed by atoms with Gasteiger partial charge in [0.25, 0.3) is 5.91 Å². The molecule has 0 saturated heterocycles. The average molecular weight is 283 g/mol. The third kappa shape index (κ3) is 2.63. The van der Waals surface area contributed by atoms with Gasteiger partial charge >= 0.3 is 6.09 Å². The van der Waals surface area contributed by atoms with Crippen molar-refractivity contribution in [3.8, 4) is 5.75 Å². The molecule has 1 aliphatic heterocycles. The van der Waals surface area contributed by atoms with Crippen LogP contribution in [0, 0.1) is 0 Å². The summed E-state index contributed by atoms with van der Waals surface area (Å²) >= 11 is 0. The predicted octanol–water partition coefficient (Wildman–Crippen LogP) is 0.936. The van der Waals surface area contributed by atoms with E-state index in [2.05, 4.69) is 10.3 Å². The molecule has 2 rings (SSSR count). The van der Waals surface area contributed by atoms with Gasteiger partial charge in [0.15, 0.2) is 11.4 Å². The van der Waals surface area contributed by atoms with Crippen LogP contribution in [0.4, 0.5) is 10.5 Å². The molecule has 108 valence electrons. The van der Waals surface area contributed by atoms with Gasteiger partial charge in [-0.1, -0.05) is 0 Å². The van der Waals surface area contributed by atoms with Crippen LogP contribution in [0.3, 0.4) is 0 Å². The van der Waals surface area contributed by atoms with Gasteiger partial charge in [0, 0.05) is 19.4 Å². The Labute approximate surface area is 113 Å². The number of carboxylic acid groups (broad SMARTS) is 1. The Morgan fingerprint density at radius 3 is 2.75 bits per heavy atom. The molecule has 0 aromatic carbocycles. The van der Waals surface area contributed by atoms with Crippen LogP contribution in [-0.2, 0) is 11.3 Å². The van der Waals surface area contributed by atoms with E-state index in [1.54, 1.807) is 13.8 Å². The van der Waals surface area contributed by atoms with Crippen molar-refractivity contribution in [3.05, 3.63) is 17.5 Å². The molecule has 0 bridgehead atoms. The van der Waals surface area contributed by atoms with E-state index in [1.165, 1.54) is 5.48 Å². The van der Waals surface area contributed by atoms with Gasteiger partial charge in [-0.05, 0) is 0 Å². The number of aromatic nitrogens is 1. The molecule has 9 heteroatoms. The number of anilines is 1. The Morgan fingerprint density at radius 2 is 2.15 bits per heavy atom. The summed E-state index contributed by atoms with van der Waals surface area (Å²) in [5.41, 5.74) is 1.79. The fourth-order valence-electron chi connectivity index (χ4n) is 1.74. The number of rotatable bonds is 2. The number of ether oxygens (including phenoxy) is 2. The van der Waals surface area contributed by atoms with E-state index >= 15 is 0 Å². The molecule has 2 amide bonds. The minimum absolute atomic E-state index is 0.0339. The molecule has 1 aromatic heterocycles. The van der Waals surface area contributed by atoms with E-state index in [9.17, 15) is 9.59 Å². The zero-order valence-electron chi connectivity index (χ0n) is 10.8. The lowest BCUT2D eigenvalue weighted by Crippen LogP contribution is -2.37. The maximum atomic E-state index is 11.5. The van der Waals surface area contributed by atoms with Crippen molar-refractivity contribution in [2.45, 2.75) is 26.2 Å². The second-order valence-electron chi connectivity index (χ2n) is 4.49. The van der Waals surface area contributed by atoms with E-state index in [4.69, 9.17) is 19.8 Å². The number of nitrogens with one attached hydrogen (secondary N) is 2. The van der Waals surface area contributed by atoms with Gasteiger partial charge < -0.3 is 14.6 Å². The molecule has 0 radical (unpaired) electrons. The molecular formula is C11H13N3O6. The second-order valence-corrected chi connectivity index (χ2v) is 4.49. The molecule has 0 saturated carbocycles. The fraction of sp³-hybridized carbons (Fsp3) is 0.364. The van der Waals surface area contributed by atoms with Crippen molar-refractivity contribution in [1.82, 2.24) is 10.5 Å². The summed E-state index contributed by atoms with van der Waals surface area (Å²) in [6.07, 6.45) is -0.124. The van der Waals surface area contributed by atoms with E-state index < -0.39 is 17.8 Å². The Balaban J connectivity index is 2.54. The highest BCUT2D eigenvalue weighted by Gasteiger charge is 2.33. The molecule has 1 aromatic rings. The number of nitrogens with zero attached hydrogens (tertiary/aromatic N) is 1. The second kappa shape index (κ2) is 4.94. The maximum absolute atomic E-state index is 11.5. The molecule has 0 atom stereocenters. The van der Waals surface area contributed by atoms with E-state index in [-0.39, 0.29) is 23.7 Å². The van der Waals surface area contributed by atoms with Gasteiger partial charge in [-0.25, -0.2) is 15.3 Å². The average Bonchev–Trinajstić information content (AvgIpc) is 2.36. The minimum Gasteiger partial charge on any atom is -0.465 e. The molecule has 20 heavy (non-hydrogen) atoms.